The molecule has 2 saturated heterocycles. The zero-order valence-corrected chi connectivity index (χ0v) is 22.3. The molecule has 0 radical (unpaired) electrons. The largest absolute Gasteiger partial charge is 0.497 e. The summed E-state index contributed by atoms with van der Waals surface area (Å²) in [6, 6.07) is 7.75. The van der Waals surface area contributed by atoms with Crippen molar-refractivity contribution in [2.24, 2.45) is 0 Å². The van der Waals surface area contributed by atoms with Crippen molar-refractivity contribution in [2.75, 3.05) is 54.0 Å². The minimum atomic E-state index is -0.168. The number of likely N-dealkylation sites (N-methyl/N-ethyl adjacent to an activating group) is 1. The van der Waals surface area contributed by atoms with Crippen LogP contribution >= 0.6 is 11.8 Å². The van der Waals surface area contributed by atoms with E-state index in [1.165, 1.54) is 0 Å². The summed E-state index contributed by atoms with van der Waals surface area (Å²) >= 11 is 1.69. The number of carbonyl (C=O) groups is 1. The van der Waals surface area contributed by atoms with Gasteiger partial charge in [0.25, 0.3) is 0 Å². The number of nitrogens with zero attached hydrogens (tertiary/aromatic N) is 5. The highest BCUT2D eigenvalue weighted by molar-refractivity contribution is 7.99. The maximum absolute atomic E-state index is 13.8. The lowest BCUT2D eigenvalue weighted by atomic mass is 10.1. The Morgan fingerprint density at radius 1 is 1.00 bits per heavy atom. The number of aromatic nitrogens is 2. The Hall–Kier alpha value is -2.36. The molecule has 1 aromatic heterocycles. The second kappa shape index (κ2) is 11.6. The Balaban J connectivity index is 1.56. The molecule has 1 aromatic carbocycles. The summed E-state index contributed by atoms with van der Waals surface area (Å²) in [5, 5.41) is 1.03. The molecule has 9 heteroatoms. The van der Waals surface area contributed by atoms with E-state index in [1.807, 2.05) is 38.1 Å². The van der Waals surface area contributed by atoms with Gasteiger partial charge in [-0.3, -0.25) is 9.69 Å². The van der Waals surface area contributed by atoms with Crippen molar-refractivity contribution in [2.45, 2.75) is 49.7 Å². The van der Waals surface area contributed by atoms with E-state index >= 15 is 0 Å². The molecule has 2 aliphatic heterocycles. The van der Waals surface area contributed by atoms with Crippen LogP contribution in [0.25, 0.3) is 0 Å². The highest BCUT2D eigenvalue weighted by Gasteiger charge is 2.39. The first-order valence-electron chi connectivity index (χ1n) is 12.3. The van der Waals surface area contributed by atoms with E-state index in [2.05, 4.69) is 31.7 Å². The van der Waals surface area contributed by atoms with Gasteiger partial charge in [-0.25, -0.2) is 9.97 Å². The third-order valence-corrected chi connectivity index (χ3v) is 7.78. The second-order valence-electron chi connectivity index (χ2n) is 9.56. The molecule has 190 valence electrons. The van der Waals surface area contributed by atoms with E-state index in [1.54, 1.807) is 26.0 Å². The summed E-state index contributed by atoms with van der Waals surface area (Å²) in [6.07, 6.45) is 1.80. The SMILES string of the molecule is COc1cc(CN2C[C@H](Sc3nc(C)cc(C)n3)C[C@H]2C(=O)N2CCCN(C)CC2)cc(OC)c1. The molecule has 8 nitrogen and oxygen atoms in total. The van der Waals surface area contributed by atoms with Crippen LogP contribution in [0.4, 0.5) is 0 Å². The average Bonchev–Trinajstić information content (AvgIpc) is 3.07. The molecule has 0 spiro atoms. The van der Waals surface area contributed by atoms with E-state index in [0.29, 0.717) is 6.54 Å². The van der Waals surface area contributed by atoms with Gasteiger partial charge in [0.2, 0.25) is 5.91 Å². The minimum absolute atomic E-state index is 0.168. The van der Waals surface area contributed by atoms with Crippen molar-refractivity contribution in [3.63, 3.8) is 0 Å². The molecule has 2 fully saturated rings. The highest BCUT2D eigenvalue weighted by atomic mass is 32.2. The molecule has 0 bridgehead atoms. The van der Waals surface area contributed by atoms with Gasteiger partial charge < -0.3 is 19.3 Å². The lowest BCUT2D eigenvalue weighted by Crippen LogP contribution is -2.46. The second-order valence-corrected chi connectivity index (χ2v) is 10.8. The zero-order chi connectivity index (χ0) is 24.9. The summed E-state index contributed by atoms with van der Waals surface area (Å²) in [5.41, 5.74) is 3.02. The van der Waals surface area contributed by atoms with E-state index in [9.17, 15) is 4.79 Å². The lowest BCUT2D eigenvalue weighted by Gasteiger charge is -2.29. The van der Waals surface area contributed by atoms with Crippen LogP contribution < -0.4 is 9.47 Å². The molecule has 3 heterocycles. The van der Waals surface area contributed by atoms with Gasteiger partial charge in [-0.15, -0.1) is 0 Å². The van der Waals surface area contributed by atoms with Crippen molar-refractivity contribution < 1.29 is 14.3 Å². The van der Waals surface area contributed by atoms with Crippen LogP contribution in [-0.2, 0) is 11.3 Å². The number of amides is 1. The van der Waals surface area contributed by atoms with Crippen molar-refractivity contribution in [1.82, 2.24) is 24.7 Å². The number of thioether (sulfide) groups is 1. The van der Waals surface area contributed by atoms with Crippen LogP contribution in [-0.4, -0.2) is 95.9 Å². The Kier molecular flexibility index (Phi) is 8.51. The quantitative estimate of drug-likeness (QED) is 0.539. The number of hydrogen-bond acceptors (Lipinski definition) is 8. The number of benzene rings is 1. The van der Waals surface area contributed by atoms with Crippen molar-refractivity contribution in [3.8, 4) is 11.5 Å². The molecular weight excluding hydrogens is 462 g/mol. The number of hydrogen-bond donors (Lipinski definition) is 0. The molecule has 2 atom stereocenters. The van der Waals surface area contributed by atoms with Gasteiger partial charge in [-0.2, -0.15) is 0 Å². The molecule has 2 aliphatic rings. The fraction of sp³-hybridized carbons (Fsp3) is 0.577. The summed E-state index contributed by atoms with van der Waals surface area (Å²) in [5.74, 6) is 1.75. The topological polar surface area (TPSA) is 71.0 Å². The molecule has 0 saturated carbocycles. The molecule has 2 aromatic rings. The van der Waals surface area contributed by atoms with Crippen LogP contribution in [0.2, 0.25) is 0 Å². The number of carbonyl (C=O) groups excluding carboxylic acids is 1. The molecule has 0 unspecified atom stereocenters. The summed E-state index contributed by atoms with van der Waals surface area (Å²) in [7, 11) is 5.45. The number of methoxy groups -OCH3 is 2. The Labute approximate surface area is 213 Å². The van der Waals surface area contributed by atoms with E-state index in [-0.39, 0.29) is 17.2 Å². The van der Waals surface area contributed by atoms with Crippen LogP contribution in [0.3, 0.4) is 0 Å². The van der Waals surface area contributed by atoms with Crippen LogP contribution in [0.5, 0.6) is 11.5 Å². The smallest absolute Gasteiger partial charge is 0.240 e. The van der Waals surface area contributed by atoms with Gasteiger partial charge in [0.1, 0.15) is 11.5 Å². The van der Waals surface area contributed by atoms with Gasteiger partial charge >= 0.3 is 0 Å². The maximum atomic E-state index is 13.8. The van der Waals surface area contributed by atoms with Crippen molar-refractivity contribution in [3.05, 3.63) is 41.2 Å². The fourth-order valence-corrected chi connectivity index (χ4v) is 6.18. The predicted molar refractivity (Wildman–Crippen MR) is 138 cm³/mol. The molecular formula is C26H37N5O3S. The van der Waals surface area contributed by atoms with E-state index < -0.39 is 0 Å². The minimum Gasteiger partial charge on any atom is -0.497 e. The number of aryl methyl sites for hydroxylation is 2. The summed E-state index contributed by atoms with van der Waals surface area (Å²) < 4.78 is 11.0. The Bertz CT molecular complexity index is 994. The van der Waals surface area contributed by atoms with Crippen molar-refractivity contribution in [1.29, 1.82) is 0 Å². The fourth-order valence-electron chi connectivity index (χ4n) is 4.94. The van der Waals surface area contributed by atoms with Gasteiger partial charge in [0, 0.05) is 55.4 Å². The first-order chi connectivity index (χ1) is 16.8. The van der Waals surface area contributed by atoms with Crippen LogP contribution in [0.15, 0.2) is 29.4 Å². The summed E-state index contributed by atoms with van der Waals surface area (Å²) in [4.78, 5) is 29.7. The summed E-state index contributed by atoms with van der Waals surface area (Å²) in [6.45, 7) is 9.00. The Morgan fingerprint density at radius 2 is 1.69 bits per heavy atom. The van der Waals surface area contributed by atoms with E-state index in [0.717, 1.165) is 79.2 Å². The maximum Gasteiger partial charge on any atom is 0.240 e. The lowest BCUT2D eigenvalue weighted by molar-refractivity contribution is -0.136. The van der Waals surface area contributed by atoms with E-state index in [4.69, 9.17) is 9.47 Å². The first kappa shape index (κ1) is 25.7. The molecule has 4 rings (SSSR count). The van der Waals surface area contributed by atoms with Gasteiger partial charge in [-0.1, -0.05) is 11.8 Å². The number of likely N-dealkylation sites (tertiary alicyclic amines) is 1. The van der Waals surface area contributed by atoms with Gasteiger partial charge in [-0.05, 0) is 64.0 Å². The van der Waals surface area contributed by atoms with Gasteiger partial charge in [0.05, 0.1) is 20.3 Å². The van der Waals surface area contributed by atoms with Crippen LogP contribution in [0, 0.1) is 13.8 Å². The standard InChI is InChI=1S/C26H37N5O3S/c1-18-11-19(2)28-26(27-18)35-23-15-24(25(32)30-8-6-7-29(3)9-10-30)31(17-23)16-20-12-21(33-4)14-22(13-20)34-5/h11-14,23-24H,6-10,15-17H2,1-5H3/t23-,24+/m1/s1. The molecule has 1 amide bonds. The van der Waals surface area contributed by atoms with Gasteiger partial charge in [0.15, 0.2) is 5.16 Å². The number of ether oxygens (including phenoxy) is 2. The number of rotatable bonds is 7. The third-order valence-electron chi connectivity index (χ3n) is 6.71. The first-order valence-corrected chi connectivity index (χ1v) is 13.1. The molecule has 0 N–H and O–H groups in total. The predicted octanol–water partition coefficient (Wildman–Crippen LogP) is 3.01. The highest BCUT2D eigenvalue weighted by Crippen LogP contribution is 2.34. The average molecular weight is 500 g/mol. The monoisotopic (exact) mass is 499 g/mol. The van der Waals surface area contributed by atoms with Crippen molar-refractivity contribution >= 4 is 17.7 Å². The molecule has 0 aliphatic carbocycles. The molecule has 35 heavy (non-hydrogen) atoms. The zero-order valence-electron chi connectivity index (χ0n) is 21.5. The normalized spacial score (nSPS) is 21.7. The third kappa shape index (κ3) is 6.65. The Morgan fingerprint density at radius 3 is 2.34 bits per heavy atom. The van der Waals surface area contributed by atoms with Crippen LogP contribution in [0.1, 0.15) is 29.8 Å².